The van der Waals surface area contributed by atoms with Crippen molar-refractivity contribution in [3.63, 3.8) is 0 Å². The molecule has 0 aliphatic carbocycles. The second-order valence-electron chi connectivity index (χ2n) is 10.5. The molecule has 0 spiro atoms. The van der Waals surface area contributed by atoms with E-state index in [4.69, 9.17) is 0 Å². The number of allylic oxidation sites excluding steroid dienone is 1. The van der Waals surface area contributed by atoms with Crippen molar-refractivity contribution >= 4 is 28.7 Å². The number of aliphatic hydroxyl groups excluding tert-OH is 2. The molecular weight excluding hydrogens is 562 g/mol. The Balaban J connectivity index is 1.42. The normalized spacial score (nSPS) is 12.4. The minimum Gasteiger partial charge on any atom is -0.390 e. The molecule has 0 bridgehead atoms. The van der Waals surface area contributed by atoms with Gasteiger partial charge in [-0.05, 0) is 59.9 Å². The van der Waals surface area contributed by atoms with Gasteiger partial charge in [0.1, 0.15) is 5.01 Å². The van der Waals surface area contributed by atoms with Crippen LogP contribution in [0.3, 0.4) is 0 Å². The highest BCUT2D eigenvalue weighted by Gasteiger charge is 2.23. The van der Waals surface area contributed by atoms with Crippen molar-refractivity contribution in [1.29, 1.82) is 0 Å². The minimum absolute atomic E-state index is 0.151. The highest BCUT2D eigenvalue weighted by molar-refractivity contribution is 7.09. The van der Waals surface area contributed by atoms with E-state index in [-0.39, 0.29) is 31.5 Å². The highest BCUT2D eigenvalue weighted by Crippen LogP contribution is 2.16. The van der Waals surface area contributed by atoms with Gasteiger partial charge < -0.3 is 25.7 Å². The number of aromatic nitrogens is 2. The van der Waals surface area contributed by atoms with Crippen molar-refractivity contribution in [2.75, 3.05) is 13.6 Å². The Morgan fingerprint density at radius 2 is 1.79 bits per heavy atom. The van der Waals surface area contributed by atoms with E-state index in [0.29, 0.717) is 34.8 Å². The summed E-state index contributed by atoms with van der Waals surface area (Å²) < 4.78 is 0. The van der Waals surface area contributed by atoms with E-state index in [0.717, 1.165) is 22.3 Å². The molecule has 43 heavy (non-hydrogen) atoms. The summed E-state index contributed by atoms with van der Waals surface area (Å²) >= 11 is 1.37. The zero-order valence-electron chi connectivity index (χ0n) is 24.4. The molecule has 2 heterocycles. The van der Waals surface area contributed by atoms with E-state index in [1.807, 2.05) is 43.3 Å². The molecule has 2 atom stereocenters. The highest BCUT2D eigenvalue weighted by atomic mass is 32.1. The fraction of sp³-hybridized carbons (Fsp3) is 0.273. The Kier molecular flexibility index (Phi) is 11.3. The van der Waals surface area contributed by atoms with Crippen LogP contribution < -0.4 is 10.6 Å². The van der Waals surface area contributed by atoms with Gasteiger partial charge in [-0.3, -0.25) is 14.6 Å². The third-order valence-corrected chi connectivity index (χ3v) is 7.78. The van der Waals surface area contributed by atoms with E-state index in [1.54, 1.807) is 49.1 Å². The molecule has 4 rings (SSSR count). The SMILES string of the molecule is C=C(C)c1cncc(CNC[C@@H](O)[C@H](Cc2ccccc2)NC(=O)c2cccc(C(=O)N(C)Cc3nc(CO)cs3)c2)c1. The molecular formula is C33H37N5O4S. The Morgan fingerprint density at radius 3 is 2.51 bits per heavy atom. The summed E-state index contributed by atoms with van der Waals surface area (Å²) in [6.07, 6.45) is 3.07. The minimum atomic E-state index is -0.889. The van der Waals surface area contributed by atoms with Gasteiger partial charge in [0.25, 0.3) is 11.8 Å². The third-order valence-electron chi connectivity index (χ3n) is 6.90. The first kappa shape index (κ1) is 31.7. The van der Waals surface area contributed by atoms with Gasteiger partial charge in [-0.15, -0.1) is 11.3 Å². The topological polar surface area (TPSA) is 128 Å². The zero-order valence-corrected chi connectivity index (χ0v) is 25.2. The average Bonchev–Trinajstić information content (AvgIpc) is 3.48. The van der Waals surface area contributed by atoms with Crippen LogP contribution in [0.25, 0.3) is 5.57 Å². The second-order valence-corrected chi connectivity index (χ2v) is 11.4. The molecule has 2 aromatic heterocycles. The van der Waals surface area contributed by atoms with Gasteiger partial charge in [-0.1, -0.05) is 43.0 Å². The first-order valence-corrected chi connectivity index (χ1v) is 14.8. The van der Waals surface area contributed by atoms with Crippen LogP contribution in [0.4, 0.5) is 0 Å². The fourth-order valence-corrected chi connectivity index (χ4v) is 5.35. The number of aliphatic hydroxyl groups is 2. The van der Waals surface area contributed by atoms with Crippen LogP contribution in [-0.4, -0.2) is 62.6 Å². The predicted molar refractivity (Wildman–Crippen MR) is 168 cm³/mol. The molecule has 0 fully saturated rings. The van der Waals surface area contributed by atoms with Crippen LogP contribution in [-0.2, 0) is 26.1 Å². The van der Waals surface area contributed by atoms with Crippen molar-refractivity contribution < 1.29 is 19.8 Å². The molecule has 224 valence electrons. The summed E-state index contributed by atoms with van der Waals surface area (Å²) in [4.78, 5) is 36.6. The largest absolute Gasteiger partial charge is 0.390 e. The van der Waals surface area contributed by atoms with E-state index in [2.05, 4.69) is 27.2 Å². The molecule has 9 nitrogen and oxygen atoms in total. The Bertz CT molecular complexity index is 1540. The smallest absolute Gasteiger partial charge is 0.253 e. The summed E-state index contributed by atoms with van der Waals surface area (Å²) in [5.74, 6) is -0.645. The van der Waals surface area contributed by atoms with Gasteiger partial charge in [0.2, 0.25) is 0 Å². The van der Waals surface area contributed by atoms with Crippen molar-refractivity contribution in [1.82, 2.24) is 25.5 Å². The standard InChI is InChI=1S/C33H37N5O4S/c1-22(2)27-12-24(15-34-17-27)16-35-18-30(40)29(13-23-8-5-4-6-9-23)37-32(41)25-10-7-11-26(14-25)33(42)38(3)19-31-36-28(20-39)21-43-31/h4-12,14-15,17,21,29-30,35,39-40H,1,13,16,18-20H2,2-3H3,(H,37,41)/t29-,30+/m0/s1. The molecule has 4 N–H and O–H groups in total. The lowest BCUT2D eigenvalue weighted by Gasteiger charge is -2.25. The van der Waals surface area contributed by atoms with Crippen LogP contribution in [0.15, 0.2) is 85.0 Å². The molecule has 0 unspecified atom stereocenters. The molecule has 0 saturated carbocycles. The molecule has 2 amide bonds. The first-order chi connectivity index (χ1) is 20.7. The van der Waals surface area contributed by atoms with E-state index in [1.165, 1.54) is 16.2 Å². The van der Waals surface area contributed by atoms with Gasteiger partial charge in [-0.2, -0.15) is 0 Å². The lowest BCUT2D eigenvalue weighted by Crippen LogP contribution is -2.48. The van der Waals surface area contributed by atoms with Crippen molar-refractivity contribution in [3.8, 4) is 0 Å². The molecule has 10 heteroatoms. The van der Waals surface area contributed by atoms with Gasteiger partial charge in [0, 0.05) is 49.0 Å². The summed E-state index contributed by atoms with van der Waals surface area (Å²) in [7, 11) is 1.67. The van der Waals surface area contributed by atoms with Gasteiger partial charge in [0.15, 0.2) is 0 Å². The third kappa shape index (κ3) is 9.13. The zero-order chi connectivity index (χ0) is 30.8. The Morgan fingerprint density at radius 1 is 1.02 bits per heavy atom. The number of benzene rings is 2. The van der Waals surface area contributed by atoms with Gasteiger partial charge in [0.05, 0.1) is 31.0 Å². The summed E-state index contributed by atoms with van der Waals surface area (Å²) in [6.45, 7) is 6.76. The maximum atomic E-state index is 13.4. The lowest BCUT2D eigenvalue weighted by molar-refractivity contribution is 0.0784. The molecule has 0 aliphatic rings. The number of nitrogens with one attached hydrogen (secondary N) is 2. The molecule has 0 radical (unpaired) electrons. The monoisotopic (exact) mass is 599 g/mol. The van der Waals surface area contributed by atoms with Crippen molar-refractivity contribution in [2.24, 2.45) is 0 Å². The van der Waals surface area contributed by atoms with E-state index >= 15 is 0 Å². The number of rotatable bonds is 14. The lowest BCUT2D eigenvalue weighted by atomic mass is 10.00. The van der Waals surface area contributed by atoms with Crippen LogP contribution in [0.1, 0.15) is 55.0 Å². The number of carbonyl (C=O) groups is 2. The van der Waals surface area contributed by atoms with E-state index in [9.17, 15) is 19.8 Å². The van der Waals surface area contributed by atoms with Crippen LogP contribution in [0, 0.1) is 0 Å². The number of thiazole rings is 1. The van der Waals surface area contributed by atoms with Crippen LogP contribution in [0.5, 0.6) is 0 Å². The quantitative estimate of drug-likeness (QED) is 0.174. The second kappa shape index (κ2) is 15.3. The fourth-order valence-electron chi connectivity index (χ4n) is 4.51. The Labute approximate surface area is 256 Å². The number of hydrogen-bond acceptors (Lipinski definition) is 8. The average molecular weight is 600 g/mol. The molecule has 4 aromatic rings. The number of nitrogens with zero attached hydrogens (tertiary/aromatic N) is 3. The molecule has 0 saturated heterocycles. The van der Waals surface area contributed by atoms with Gasteiger partial charge >= 0.3 is 0 Å². The number of amides is 2. The van der Waals surface area contributed by atoms with Crippen molar-refractivity contribution in [2.45, 2.75) is 45.2 Å². The predicted octanol–water partition coefficient (Wildman–Crippen LogP) is 3.83. The van der Waals surface area contributed by atoms with Crippen molar-refractivity contribution in [3.05, 3.63) is 124 Å². The van der Waals surface area contributed by atoms with E-state index < -0.39 is 12.1 Å². The molecule has 0 aliphatic heterocycles. The van der Waals surface area contributed by atoms with Crippen LogP contribution >= 0.6 is 11.3 Å². The maximum Gasteiger partial charge on any atom is 0.253 e. The Hall–Kier alpha value is -4.22. The first-order valence-electron chi connectivity index (χ1n) is 14.0. The molecule has 2 aromatic carbocycles. The number of hydrogen-bond donors (Lipinski definition) is 4. The maximum absolute atomic E-state index is 13.4. The summed E-state index contributed by atoms with van der Waals surface area (Å²) in [6, 6.07) is 17.6. The number of pyridine rings is 1. The van der Waals surface area contributed by atoms with Crippen LogP contribution in [0.2, 0.25) is 0 Å². The summed E-state index contributed by atoms with van der Waals surface area (Å²) in [5, 5.41) is 29.1. The van der Waals surface area contributed by atoms with Gasteiger partial charge in [-0.25, -0.2) is 4.98 Å². The number of carbonyl (C=O) groups excluding carboxylic acids is 2. The summed E-state index contributed by atoms with van der Waals surface area (Å²) in [5.41, 5.74) is 5.07.